The lowest BCUT2D eigenvalue weighted by Crippen LogP contribution is -2.63. The van der Waals surface area contributed by atoms with Gasteiger partial charge in [0.25, 0.3) is 0 Å². The topological polar surface area (TPSA) is 81.4 Å². The highest BCUT2D eigenvalue weighted by Crippen LogP contribution is 2.48. The van der Waals surface area contributed by atoms with Gasteiger partial charge in [0.1, 0.15) is 8.07 Å². The van der Waals surface area contributed by atoms with Crippen LogP contribution in [0.15, 0.2) is 60.7 Å². The molecule has 0 fully saturated rings. The average molecular weight is 415 g/mol. The highest BCUT2D eigenvalue weighted by atomic mass is 28.3. The molecule has 150 valence electrons. The zero-order valence-electron chi connectivity index (χ0n) is 17.1. The number of nitrogens with two attached hydrogens (primary N) is 1. The number of hydrogen-bond donors (Lipinski definition) is 2. The van der Waals surface area contributed by atoms with Gasteiger partial charge in [-0.15, -0.1) is 0 Å². The van der Waals surface area contributed by atoms with Crippen molar-refractivity contribution in [2.45, 2.75) is 25.6 Å². The van der Waals surface area contributed by atoms with Crippen LogP contribution in [-0.2, 0) is 15.1 Å². The second kappa shape index (κ2) is 6.06. The van der Waals surface area contributed by atoms with Crippen LogP contribution in [0.3, 0.4) is 0 Å². The summed E-state index contributed by atoms with van der Waals surface area (Å²) in [6.07, 6.45) is 0. The molecule has 1 atom stereocenters. The van der Waals surface area contributed by atoms with Crippen molar-refractivity contribution in [3.8, 4) is 0 Å². The van der Waals surface area contributed by atoms with Gasteiger partial charge in [-0.05, 0) is 40.7 Å². The smallest absolute Gasteiger partial charge is 0.340 e. The fraction of sp³-hybridized carbons (Fsp3) is 0.167. The summed E-state index contributed by atoms with van der Waals surface area (Å²) in [6.45, 7) is 6.02. The normalized spacial score (nSPS) is 20.2. The quantitative estimate of drug-likeness (QED) is 0.364. The molecule has 3 aromatic carbocycles. The van der Waals surface area contributed by atoms with Crippen molar-refractivity contribution in [2.24, 2.45) is 0 Å². The van der Waals surface area contributed by atoms with E-state index in [2.05, 4.69) is 18.4 Å². The molecule has 3 N–H and O–H groups in total. The number of rotatable bonds is 1. The van der Waals surface area contributed by atoms with E-state index >= 15 is 0 Å². The lowest BCUT2D eigenvalue weighted by Gasteiger charge is -2.43. The van der Waals surface area contributed by atoms with Crippen molar-refractivity contribution in [3.05, 3.63) is 82.9 Å². The predicted molar refractivity (Wildman–Crippen MR) is 120 cm³/mol. The highest BCUT2D eigenvalue weighted by Gasteiger charge is 2.55. The van der Waals surface area contributed by atoms with Crippen molar-refractivity contribution < 1.29 is 14.3 Å². The van der Waals surface area contributed by atoms with Crippen LogP contribution in [0.4, 0.5) is 11.4 Å². The number of ether oxygens (including phenoxy) is 1. The molecular formula is C24H22N2O3Si. The number of benzene rings is 3. The maximum Gasteiger partial charge on any atom is 0.340 e. The average Bonchev–Trinajstić information content (AvgIpc) is 3.00. The minimum absolute atomic E-state index is 0.123. The Morgan fingerprint density at radius 3 is 2.37 bits per heavy atom. The van der Waals surface area contributed by atoms with E-state index in [0.717, 1.165) is 32.8 Å². The zero-order chi connectivity index (χ0) is 21.3. The molecule has 0 bridgehead atoms. The van der Waals surface area contributed by atoms with Crippen LogP contribution < -0.4 is 21.4 Å². The molecule has 2 heterocycles. The Labute approximate surface area is 175 Å². The first-order valence-corrected chi connectivity index (χ1v) is 12.9. The molecule has 2 aliphatic heterocycles. The number of fused-ring (bicyclic) bond motifs is 6. The molecule has 30 heavy (non-hydrogen) atoms. The molecule has 5 nitrogen and oxygen atoms in total. The number of esters is 1. The maximum atomic E-state index is 12.9. The minimum Gasteiger partial charge on any atom is -0.441 e. The van der Waals surface area contributed by atoms with Crippen LogP contribution in [-0.4, -0.2) is 20.0 Å². The molecule has 0 saturated carbocycles. The summed E-state index contributed by atoms with van der Waals surface area (Å²) in [5.41, 5.74) is 9.96. The maximum absolute atomic E-state index is 12.9. The van der Waals surface area contributed by atoms with E-state index in [9.17, 15) is 9.59 Å². The molecule has 1 spiro atoms. The largest absolute Gasteiger partial charge is 0.441 e. The molecule has 0 radical (unpaired) electrons. The standard InChI is InChI=1S/C24H22N2O3Si/c1-14(27)26-16-9-11-20-22(13-16)30(2,3)21-12-15(25)8-10-19(21)24(20)18-7-5-4-6-17(18)23(28)29-24/h4-13H,25H2,1-3H3,(H,26,27). The third-order valence-electron chi connectivity index (χ3n) is 6.26. The first-order chi connectivity index (χ1) is 14.2. The van der Waals surface area contributed by atoms with Crippen molar-refractivity contribution in [1.29, 1.82) is 0 Å². The number of carbonyl (C=O) groups is 2. The lowest BCUT2D eigenvalue weighted by atomic mass is 9.79. The number of anilines is 2. The summed E-state index contributed by atoms with van der Waals surface area (Å²) in [5.74, 6) is -0.450. The Kier molecular flexibility index (Phi) is 3.76. The molecule has 5 rings (SSSR count). The SMILES string of the molecule is CC(=O)Nc1ccc2c(c1)[Si](C)(C)c1cc(N)ccc1C21OC(=O)c2ccccc21. The van der Waals surface area contributed by atoms with Gasteiger partial charge in [-0.2, -0.15) is 0 Å². The van der Waals surface area contributed by atoms with Gasteiger partial charge in [0.2, 0.25) is 5.91 Å². The van der Waals surface area contributed by atoms with E-state index < -0.39 is 13.7 Å². The molecule has 0 aliphatic carbocycles. The van der Waals surface area contributed by atoms with Crippen LogP contribution in [0.2, 0.25) is 13.1 Å². The summed E-state index contributed by atoms with van der Waals surface area (Å²) >= 11 is 0. The predicted octanol–water partition coefficient (Wildman–Crippen LogP) is 2.83. The van der Waals surface area contributed by atoms with Crippen molar-refractivity contribution in [3.63, 3.8) is 0 Å². The van der Waals surface area contributed by atoms with E-state index in [-0.39, 0.29) is 11.9 Å². The molecule has 1 unspecified atom stereocenters. The summed E-state index contributed by atoms with van der Waals surface area (Å²) in [5, 5.41) is 5.15. The van der Waals surface area contributed by atoms with E-state index in [1.807, 2.05) is 60.7 Å². The van der Waals surface area contributed by atoms with E-state index in [4.69, 9.17) is 10.5 Å². The first kappa shape index (κ1) is 18.6. The van der Waals surface area contributed by atoms with Crippen LogP contribution in [0.1, 0.15) is 34.0 Å². The van der Waals surface area contributed by atoms with Crippen molar-refractivity contribution in [2.75, 3.05) is 11.1 Å². The molecule has 6 heteroatoms. The number of hydrogen-bond acceptors (Lipinski definition) is 4. The second-order valence-corrected chi connectivity index (χ2v) is 12.8. The van der Waals surface area contributed by atoms with E-state index in [1.54, 1.807) is 0 Å². The lowest BCUT2D eigenvalue weighted by molar-refractivity contribution is -0.114. The molecule has 3 aromatic rings. The Hall–Kier alpha value is -3.38. The Balaban J connectivity index is 1.89. The number of nitrogens with one attached hydrogen (secondary N) is 1. The zero-order valence-corrected chi connectivity index (χ0v) is 18.1. The molecule has 2 aliphatic rings. The molecular weight excluding hydrogens is 392 g/mol. The summed E-state index contributed by atoms with van der Waals surface area (Å²) in [7, 11) is -2.21. The van der Waals surface area contributed by atoms with E-state index in [1.165, 1.54) is 6.92 Å². The molecule has 0 saturated heterocycles. The van der Waals surface area contributed by atoms with Crippen LogP contribution >= 0.6 is 0 Å². The summed E-state index contributed by atoms with van der Waals surface area (Å²) < 4.78 is 6.22. The van der Waals surface area contributed by atoms with Gasteiger partial charge in [0.15, 0.2) is 5.60 Å². The van der Waals surface area contributed by atoms with Gasteiger partial charge in [0.05, 0.1) is 5.56 Å². The third-order valence-corrected chi connectivity index (χ3v) is 9.78. The van der Waals surface area contributed by atoms with Crippen molar-refractivity contribution >= 4 is 41.7 Å². The first-order valence-electron chi connectivity index (χ1n) is 9.91. The Morgan fingerprint density at radius 2 is 1.63 bits per heavy atom. The van der Waals surface area contributed by atoms with Gasteiger partial charge in [-0.1, -0.05) is 43.4 Å². The fourth-order valence-electron chi connectivity index (χ4n) is 4.94. The van der Waals surface area contributed by atoms with E-state index in [0.29, 0.717) is 11.3 Å². The number of amides is 1. The summed E-state index contributed by atoms with van der Waals surface area (Å²) in [4.78, 5) is 24.6. The molecule has 1 amide bonds. The fourth-order valence-corrected chi connectivity index (χ4v) is 8.14. The van der Waals surface area contributed by atoms with Crippen LogP contribution in [0.5, 0.6) is 0 Å². The van der Waals surface area contributed by atoms with Crippen LogP contribution in [0, 0.1) is 0 Å². The summed E-state index contributed by atoms with van der Waals surface area (Å²) in [6, 6.07) is 19.4. The van der Waals surface area contributed by atoms with Gasteiger partial charge < -0.3 is 15.8 Å². The van der Waals surface area contributed by atoms with Gasteiger partial charge in [0, 0.05) is 35.0 Å². The highest BCUT2D eigenvalue weighted by molar-refractivity contribution is 7.01. The Bertz CT molecular complexity index is 1250. The van der Waals surface area contributed by atoms with Crippen molar-refractivity contribution in [1.82, 2.24) is 0 Å². The molecule has 0 aromatic heterocycles. The second-order valence-electron chi connectivity index (χ2n) is 8.49. The van der Waals surface area contributed by atoms with Crippen LogP contribution in [0.25, 0.3) is 0 Å². The van der Waals surface area contributed by atoms with Gasteiger partial charge in [-0.25, -0.2) is 4.79 Å². The minimum atomic E-state index is -2.21. The van der Waals surface area contributed by atoms with Gasteiger partial charge >= 0.3 is 5.97 Å². The Morgan fingerprint density at radius 1 is 0.967 bits per heavy atom. The van der Waals surface area contributed by atoms with Gasteiger partial charge in [-0.3, -0.25) is 4.79 Å². The third kappa shape index (κ3) is 2.34. The number of carbonyl (C=O) groups excluding carboxylic acids is 2. The monoisotopic (exact) mass is 414 g/mol. The number of nitrogen functional groups attached to an aromatic ring is 1.